The van der Waals surface area contributed by atoms with E-state index >= 15 is 0 Å². The maximum atomic E-state index is 12.5. The molecule has 0 aliphatic carbocycles. The molecule has 2 heterocycles. The molecule has 3 aromatic rings. The monoisotopic (exact) mass is 360 g/mol. The molecule has 1 aromatic carbocycles. The molecule has 0 aliphatic heterocycles. The molecule has 3 rings (SSSR count). The van der Waals surface area contributed by atoms with Crippen molar-refractivity contribution in [3.05, 3.63) is 46.5 Å². The van der Waals surface area contributed by atoms with Gasteiger partial charge in [-0.05, 0) is 24.3 Å². The van der Waals surface area contributed by atoms with Crippen LogP contribution in [0.25, 0.3) is 10.3 Å². The fraction of sp³-hybridized carbons (Fsp3) is 0.250. The van der Waals surface area contributed by atoms with Crippen molar-refractivity contribution in [2.24, 2.45) is 0 Å². The first-order valence-electron chi connectivity index (χ1n) is 7.40. The van der Waals surface area contributed by atoms with Crippen LogP contribution in [0.5, 0.6) is 0 Å². The van der Waals surface area contributed by atoms with E-state index in [9.17, 15) is 9.59 Å². The molecule has 0 saturated heterocycles. The third kappa shape index (κ3) is 3.34. The summed E-state index contributed by atoms with van der Waals surface area (Å²) in [5, 5.41) is 2.86. The number of nitrogens with zero attached hydrogens (tertiary/aromatic N) is 3. The number of carbonyl (C=O) groups is 1. The summed E-state index contributed by atoms with van der Waals surface area (Å²) >= 11 is 2.77. The molecule has 24 heavy (non-hydrogen) atoms. The number of amides is 1. The lowest BCUT2D eigenvalue weighted by molar-refractivity contribution is -0.116. The number of nitrogens with one attached hydrogen (secondary N) is 1. The highest BCUT2D eigenvalue weighted by Gasteiger charge is 2.13. The van der Waals surface area contributed by atoms with E-state index in [4.69, 9.17) is 0 Å². The summed E-state index contributed by atoms with van der Waals surface area (Å²) in [6, 6.07) is 7.63. The number of benzene rings is 1. The van der Waals surface area contributed by atoms with Crippen LogP contribution in [0.1, 0.15) is 12.5 Å². The number of rotatable bonds is 5. The third-order valence-electron chi connectivity index (χ3n) is 3.53. The predicted octanol–water partition coefficient (Wildman–Crippen LogP) is 2.78. The molecule has 1 N–H and O–H groups in total. The van der Waals surface area contributed by atoms with Gasteiger partial charge in [0.25, 0.3) is 5.56 Å². The number of para-hydroxylation sites is 1. The Morgan fingerprint density at radius 2 is 2.17 bits per heavy atom. The Morgan fingerprint density at radius 3 is 2.92 bits per heavy atom. The first-order valence-corrected chi connectivity index (χ1v) is 9.44. The molecule has 0 aliphatic rings. The van der Waals surface area contributed by atoms with Crippen LogP contribution in [0, 0.1) is 0 Å². The molecule has 124 valence electrons. The predicted molar refractivity (Wildman–Crippen MR) is 97.9 cm³/mol. The van der Waals surface area contributed by atoms with Crippen LogP contribution in [0.15, 0.2) is 39.7 Å². The highest BCUT2D eigenvalue weighted by molar-refractivity contribution is 8.00. The van der Waals surface area contributed by atoms with Crippen molar-refractivity contribution in [2.75, 3.05) is 11.6 Å². The standard InChI is InChI=1S/C16H16N4O2S2/c1-3-10-6-4-5-7-11(10)18-12(21)8-20-9-17-14-13(15(20)22)24-16(19-14)23-2/h4-7,9H,3,8H2,1-2H3,(H,18,21). The topological polar surface area (TPSA) is 76.9 Å². The van der Waals surface area contributed by atoms with Crippen molar-refractivity contribution < 1.29 is 4.79 Å². The molecule has 0 unspecified atom stereocenters. The van der Waals surface area contributed by atoms with Gasteiger partial charge in [-0.1, -0.05) is 36.9 Å². The number of fused-ring (bicyclic) bond motifs is 1. The zero-order valence-electron chi connectivity index (χ0n) is 13.3. The zero-order valence-corrected chi connectivity index (χ0v) is 14.9. The summed E-state index contributed by atoms with van der Waals surface area (Å²) in [5.41, 5.74) is 2.02. The quantitative estimate of drug-likeness (QED) is 0.708. The third-order valence-corrected chi connectivity index (χ3v) is 5.54. The van der Waals surface area contributed by atoms with Crippen molar-refractivity contribution in [3.63, 3.8) is 0 Å². The van der Waals surface area contributed by atoms with E-state index in [-0.39, 0.29) is 18.0 Å². The summed E-state index contributed by atoms with van der Waals surface area (Å²) in [6.45, 7) is 1.95. The summed E-state index contributed by atoms with van der Waals surface area (Å²) in [6.07, 6.45) is 4.09. The van der Waals surface area contributed by atoms with E-state index in [1.54, 1.807) is 0 Å². The van der Waals surface area contributed by atoms with Crippen LogP contribution >= 0.6 is 23.1 Å². The molecular weight excluding hydrogens is 344 g/mol. The molecule has 6 nitrogen and oxygen atoms in total. The SMILES string of the molecule is CCc1ccccc1NC(=O)Cn1cnc2nc(SC)sc2c1=O. The maximum Gasteiger partial charge on any atom is 0.273 e. The van der Waals surface area contributed by atoms with Crippen molar-refractivity contribution in [1.29, 1.82) is 0 Å². The number of hydrogen-bond donors (Lipinski definition) is 1. The molecule has 1 amide bonds. The van der Waals surface area contributed by atoms with E-state index in [0.29, 0.717) is 10.3 Å². The van der Waals surface area contributed by atoms with Gasteiger partial charge in [-0.15, -0.1) is 11.3 Å². The van der Waals surface area contributed by atoms with Gasteiger partial charge in [-0.3, -0.25) is 14.2 Å². The van der Waals surface area contributed by atoms with E-state index in [1.807, 2.05) is 37.4 Å². The van der Waals surface area contributed by atoms with Gasteiger partial charge in [0.1, 0.15) is 17.6 Å². The Kier molecular flexibility index (Phi) is 4.96. The van der Waals surface area contributed by atoms with Gasteiger partial charge in [0.2, 0.25) is 5.91 Å². The molecule has 2 aromatic heterocycles. The maximum absolute atomic E-state index is 12.5. The number of thioether (sulfide) groups is 1. The normalized spacial score (nSPS) is 10.9. The van der Waals surface area contributed by atoms with Crippen molar-refractivity contribution in [3.8, 4) is 0 Å². The Balaban J connectivity index is 1.83. The molecular formula is C16H16N4O2S2. The molecule has 0 bridgehead atoms. The minimum atomic E-state index is -0.256. The fourth-order valence-corrected chi connectivity index (χ4v) is 3.78. The largest absolute Gasteiger partial charge is 0.324 e. The van der Waals surface area contributed by atoms with Gasteiger partial charge in [0, 0.05) is 5.69 Å². The number of thiazole rings is 1. The first-order chi connectivity index (χ1) is 11.6. The fourth-order valence-electron chi connectivity index (χ4n) is 2.32. The van der Waals surface area contributed by atoms with Gasteiger partial charge in [0.05, 0.1) is 0 Å². The van der Waals surface area contributed by atoms with E-state index in [2.05, 4.69) is 15.3 Å². The number of aromatic nitrogens is 3. The molecule has 0 atom stereocenters. The Bertz CT molecular complexity index is 949. The average molecular weight is 360 g/mol. The van der Waals surface area contributed by atoms with Crippen LogP contribution in [-0.2, 0) is 17.8 Å². The second-order valence-electron chi connectivity index (χ2n) is 5.07. The molecule has 0 spiro atoms. The number of aryl methyl sites for hydroxylation is 1. The Labute approximate surface area is 147 Å². The summed E-state index contributed by atoms with van der Waals surface area (Å²) < 4.78 is 2.58. The smallest absolute Gasteiger partial charge is 0.273 e. The van der Waals surface area contributed by atoms with Crippen molar-refractivity contribution in [1.82, 2.24) is 14.5 Å². The van der Waals surface area contributed by atoms with E-state index < -0.39 is 0 Å². The lowest BCUT2D eigenvalue weighted by Gasteiger charge is -2.10. The van der Waals surface area contributed by atoms with Gasteiger partial charge in [-0.25, -0.2) is 9.97 Å². The van der Waals surface area contributed by atoms with Crippen LogP contribution in [0.4, 0.5) is 5.69 Å². The molecule has 0 saturated carbocycles. The minimum Gasteiger partial charge on any atom is -0.324 e. The highest BCUT2D eigenvalue weighted by Crippen LogP contribution is 2.24. The van der Waals surface area contributed by atoms with Gasteiger partial charge in [-0.2, -0.15) is 0 Å². The minimum absolute atomic E-state index is 0.0771. The lowest BCUT2D eigenvalue weighted by Crippen LogP contribution is -2.27. The molecule has 8 heteroatoms. The Morgan fingerprint density at radius 1 is 1.38 bits per heavy atom. The molecule has 0 radical (unpaired) electrons. The van der Waals surface area contributed by atoms with Crippen LogP contribution in [0.2, 0.25) is 0 Å². The van der Waals surface area contributed by atoms with Crippen LogP contribution in [0.3, 0.4) is 0 Å². The van der Waals surface area contributed by atoms with Crippen molar-refractivity contribution in [2.45, 2.75) is 24.2 Å². The summed E-state index contributed by atoms with van der Waals surface area (Å²) in [4.78, 5) is 33.2. The second-order valence-corrected chi connectivity index (χ2v) is 7.13. The van der Waals surface area contributed by atoms with E-state index in [0.717, 1.165) is 22.0 Å². The highest BCUT2D eigenvalue weighted by atomic mass is 32.2. The van der Waals surface area contributed by atoms with E-state index in [1.165, 1.54) is 34.0 Å². The van der Waals surface area contributed by atoms with Gasteiger partial charge >= 0.3 is 0 Å². The van der Waals surface area contributed by atoms with Crippen molar-refractivity contribution >= 4 is 45.0 Å². The van der Waals surface area contributed by atoms with Gasteiger partial charge in [0.15, 0.2) is 9.99 Å². The average Bonchev–Trinajstić information content (AvgIpc) is 3.02. The molecule has 0 fully saturated rings. The summed E-state index contributed by atoms with van der Waals surface area (Å²) in [7, 11) is 0. The number of hydrogen-bond acceptors (Lipinski definition) is 6. The first kappa shape index (κ1) is 16.7. The number of carbonyl (C=O) groups excluding carboxylic acids is 1. The Hall–Kier alpha value is -2.19. The zero-order chi connectivity index (χ0) is 17.1. The lowest BCUT2D eigenvalue weighted by atomic mass is 10.1. The summed E-state index contributed by atoms with van der Waals surface area (Å²) in [5.74, 6) is -0.256. The van der Waals surface area contributed by atoms with Crippen LogP contribution in [-0.4, -0.2) is 26.7 Å². The van der Waals surface area contributed by atoms with Gasteiger partial charge < -0.3 is 5.32 Å². The second kappa shape index (κ2) is 7.14. The van der Waals surface area contributed by atoms with Crippen LogP contribution < -0.4 is 10.9 Å². The number of anilines is 1.